The lowest BCUT2D eigenvalue weighted by Gasteiger charge is -2.31. The standard InChI is InChI=1S/C31H33N5OS/c1-21-22(2)35(25-9-5-4-6-10-25)23(3)28(21)30-29(27-11-7-8-16-32-27)33-31(38)36(30)26-14-12-24(13-15-26)34-17-19-37-20-18-34/h4-16,29-30H,17-20H2,1-3H3,(H,33,38)/t29-,30+/m1/s1. The second kappa shape index (κ2) is 10.2. The fourth-order valence-electron chi connectivity index (χ4n) is 5.98. The molecule has 7 heteroatoms. The van der Waals surface area contributed by atoms with Crippen molar-refractivity contribution in [2.24, 2.45) is 0 Å². The zero-order chi connectivity index (χ0) is 26.2. The summed E-state index contributed by atoms with van der Waals surface area (Å²) in [5, 5.41) is 4.34. The van der Waals surface area contributed by atoms with Crippen LogP contribution >= 0.6 is 12.2 Å². The van der Waals surface area contributed by atoms with Crippen LogP contribution in [0.2, 0.25) is 0 Å². The monoisotopic (exact) mass is 523 g/mol. The van der Waals surface area contributed by atoms with E-state index in [1.807, 2.05) is 18.3 Å². The molecule has 2 aliphatic heterocycles. The molecule has 194 valence electrons. The molecule has 6 nitrogen and oxygen atoms in total. The third-order valence-electron chi connectivity index (χ3n) is 7.92. The molecular formula is C31H33N5OS. The second-order valence-electron chi connectivity index (χ2n) is 9.99. The first-order chi connectivity index (χ1) is 18.5. The predicted molar refractivity (Wildman–Crippen MR) is 157 cm³/mol. The Kier molecular flexibility index (Phi) is 6.64. The van der Waals surface area contributed by atoms with Crippen LogP contribution < -0.4 is 15.1 Å². The zero-order valence-corrected chi connectivity index (χ0v) is 22.9. The van der Waals surface area contributed by atoms with Crippen molar-refractivity contribution >= 4 is 28.7 Å². The Balaban J connectivity index is 1.46. The van der Waals surface area contributed by atoms with Crippen molar-refractivity contribution in [3.8, 4) is 5.69 Å². The van der Waals surface area contributed by atoms with Crippen LogP contribution in [0.25, 0.3) is 5.69 Å². The van der Waals surface area contributed by atoms with E-state index in [2.05, 4.69) is 101 Å². The predicted octanol–water partition coefficient (Wildman–Crippen LogP) is 5.81. The molecule has 6 rings (SSSR count). The number of pyridine rings is 1. The number of nitrogens with zero attached hydrogens (tertiary/aromatic N) is 4. The van der Waals surface area contributed by atoms with E-state index in [-0.39, 0.29) is 12.1 Å². The maximum absolute atomic E-state index is 6.01. The lowest BCUT2D eigenvalue weighted by molar-refractivity contribution is 0.122. The highest BCUT2D eigenvalue weighted by molar-refractivity contribution is 7.80. The van der Waals surface area contributed by atoms with E-state index in [1.165, 1.54) is 33.9 Å². The highest BCUT2D eigenvalue weighted by Crippen LogP contribution is 2.45. The Labute approximate surface area is 229 Å². The Morgan fingerprint density at radius 1 is 0.816 bits per heavy atom. The number of hydrogen-bond donors (Lipinski definition) is 1. The van der Waals surface area contributed by atoms with Gasteiger partial charge in [0, 0.05) is 53.3 Å². The smallest absolute Gasteiger partial charge is 0.174 e. The molecule has 0 bridgehead atoms. The molecule has 2 saturated heterocycles. The van der Waals surface area contributed by atoms with Crippen LogP contribution in [-0.4, -0.2) is 41.0 Å². The summed E-state index contributed by atoms with van der Waals surface area (Å²) in [7, 11) is 0. The minimum absolute atomic E-state index is 0.0460. The Hall–Kier alpha value is -3.68. The van der Waals surface area contributed by atoms with Gasteiger partial charge in [0.25, 0.3) is 0 Å². The first-order valence-corrected chi connectivity index (χ1v) is 13.6. The molecule has 0 amide bonds. The van der Waals surface area contributed by atoms with Crippen LogP contribution in [-0.2, 0) is 4.74 Å². The number of thiocarbonyl (C=S) groups is 1. The van der Waals surface area contributed by atoms with Crippen LogP contribution in [0.3, 0.4) is 0 Å². The van der Waals surface area contributed by atoms with Crippen molar-refractivity contribution in [1.82, 2.24) is 14.9 Å². The van der Waals surface area contributed by atoms with Crippen molar-refractivity contribution in [1.29, 1.82) is 0 Å². The summed E-state index contributed by atoms with van der Waals surface area (Å²) in [6.07, 6.45) is 1.86. The zero-order valence-electron chi connectivity index (χ0n) is 22.1. The Morgan fingerprint density at radius 2 is 1.50 bits per heavy atom. The lowest BCUT2D eigenvalue weighted by atomic mass is 9.93. The van der Waals surface area contributed by atoms with Gasteiger partial charge in [0.1, 0.15) is 0 Å². The number of rotatable bonds is 5. The van der Waals surface area contributed by atoms with Crippen LogP contribution in [0.5, 0.6) is 0 Å². The van der Waals surface area contributed by atoms with E-state index < -0.39 is 0 Å². The van der Waals surface area contributed by atoms with Gasteiger partial charge in [-0.1, -0.05) is 24.3 Å². The van der Waals surface area contributed by atoms with E-state index in [9.17, 15) is 0 Å². The molecule has 4 heterocycles. The summed E-state index contributed by atoms with van der Waals surface area (Å²) in [5.41, 5.74) is 9.46. The van der Waals surface area contributed by atoms with Gasteiger partial charge in [0.15, 0.2) is 5.11 Å². The van der Waals surface area contributed by atoms with Crippen molar-refractivity contribution in [2.75, 3.05) is 36.1 Å². The summed E-state index contributed by atoms with van der Waals surface area (Å²) in [4.78, 5) is 9.40. The number of aromatic nitrogens is 2. The summed E-state index contributed by atoms with van der Waals surface area (Å²) in [6.45, 7) is 10.0. The molecule has 2 aliphatic rings. The first kappa shape index (κ1) is 24.6. The van der Waals surface area contributed by atoms with Crippen molar-refractivity contribution in [2.45, 2.75) is 32.9 Å². The van der Waals surface area contributed by atoms with E-state index in [1.54, 1.807) is 0 Å². The Morgan fingerprint density at radius 3 is 2.18 bits per heavy atom. The normalized spacial score (nSPS) is 19.6. The van der Waals surface area contributed by atoms with Gasteiger partial charge in [-0.2, -0.15) is 0 Å². The van der Waals surface area contributed by atoms with Gasteiger partial charge in [0.05, 0.1) is 31.0 Å². The highest BCUT2D eigenvalue weighted by Gasteiger charge is 2.43. The van der Waals surface area contributed by atoms with Crippen LogP contribution in [0, 0.1) is 20.8 Å². The number of anilines is 2. The third-order valence-corrected chi connectivity index (χ3v) is 8.23. The fraction of sp³-hybridized carbons (Fsp3) is 0.290. The molecule has 0 unspecified atom stereocenters. The number of hydrogen-bond acceptors (Lipinski definition) is 4. The highest BCUT2D eigenvalue weighted by atomic mass is 32.1. The van der Waals surface area contributed by atoms with E-state index >= 15 is 0 Å². The van der Waals surface area contributed by atoms with Crippen LogP contribution in [0.15, 0.2) is 79.0 Å². The van der Waals surface area contributed by atoms with Gasteiger partial charge >= 0.3 is 0 Å². The van der Waals surface area contributed by atoms with E-state index in [4.69, 9.17) is 21.9 Å². The lowest BCUT2D eigenvalue weighted by Crippen LogP contribution is -2.36. The van der Waals surface area contributed by atoms with Crippen LogP contribution in [0.1, 0.15) is 40.3 Å². The van der Waals surface area contributed by atoms with Gasteiger partial charge in [0.2, 0.25) is 0 Å². The molecule has 1 N–H and O–H groups in total. The quantitative estimate of drug-likeness (QED) is 0.333. The molecule has 0 radical (unpaired) electrons. The third kappa shape index (κ3) is 4.25. The molecule has 2 atom stereocenters. The Bertz CT molecular complexity index is 1430. The first-order valence-electron chi connectivity index (χ1n) is 13.2. The number of para-hydroxylation sites is 1. The summed E-state index contributed by atoms with van der Waals surface area (Å²) in [5.74, 6) is 0. The molecule has 0 saturated carbocycles. The minimum atomic E-state index is -0.0777. The minimum Gasteiger partial charge on any atom is -0.378 e. The largest absolute Gasteiger partial charge is 0.378 e. The molecule has 2 fully saturated rings. The number of benzene rings is 2. The van der Waals surface area contributed by atoms with E-state index in [0.717, 1.165) is 37.7 Å². The summed E-state index contributed by atoms with van der Waals surface area (Å²) in [6, 6.07) is 25.3. The average molecular weight is 524 g/mol. The molecule has 0 aliphatic carbocycles. The molecule has 2 aromatic heterocycles. The molecule has 2 aromatic carbocycles. The SMILES string of the molecule is Cc1c([C@H]2[C@@H](c3ccccn3)NC(=S)N2c2ccc(N3CCOCC3)cc2)c(C)n(-c2ccccc2)c1C. The maximum atomic E-state index is 6.01. The number of ether oxygens (including phenoxy) is 1. The van der Waals surface area contributed by atoms with Crippen molar-refractivity contribution in [3.63, 3.8) is 0 Å². The number of morpholine rings is 1. The average Bonchev–Trinajstić information content (AvgIpc) is 3.41. The van der Waals surface area contributed by atoms with Crippen molar-refractivity contribution in [3.05, 3.63) is 107 Å². The number of nitrogens with one attached hydrogen (secondary N) is 1. The fourth-order valence-corrected chi connectivity index (χ4v) is 6.32. The summed E-state index contributed by atoms with van der Waals surface area (Å²) < 4.78 is 7.90. The van der Waals surface area contributed by atoms with Gasteiger partial charge < -0.3 is 24.4 Å². The molecule has 38 heavy (non-hydrogen) atoms. The second-order valence-corrected chi connectivity index (χ2v) is 10.4. The topological polar surface area (TPSA) is 45.6 Å². The van der Waals surface area contributed by atoms with Gasteiger partial charge in [-0.3, -0.25) is 4.98 Å². The van der Waals surface area contributed by atoms with Crippen molar-refractivity contribution < 1.29 is 4.74 Å². The maximum Gasteiger partial charge on any atom is 0.174 e. The molecule has 0 spiro atoms. The van der Waals surface area contributed by atoms with Crippen LogP contribution in [0.4, 0.5) is 11.4 Å². The summed E-state index contributed by atoms with van der Waals surface area (Å²) >= 11 is 6.01. The van der Waals surface area contributed by atoms with E-state index in [0.29, 0.717) is 5.11 Å². The molecule has 4 aromatic rings. The molecular weight excluding hydrogens is 490 g/mol. The van der Waals surface area contributed by atoms with Gasteiger partial charge in [-0.25, -0.2) is 0 Å². The van der Waals surface area contributed by atoms with Gasteiger partial charge in [-0.05, 0) is 87.1 Å². The van der Waals surface area contributed by atoms with Gasteiger partial charge in [-0.15, -0.1) is 0 Å².